The van der Waals surface area contributed by atoms with E-state index in [9.17, 15) is 0 Å². The molecule has 0 aromatic heterocycles. The number of rotatable bonds is 1. The molecule has 1 aromatic rings. The predicted octanol–water partition coefficient (Wildman–Crippen LogP) is 2.12. The van der Waals surface area contributed by atoms with Crippen molar-refractivity contribution in [3.63, 3.8) is 0 Å². The standard InChI is InChI=1S/C11H9N/c1-2-10-5-3-6-11(9-10)7-4-8-12/h3,5-6,9H,2H2,1H3. The summed E-state index contributed by atoms with van der Waals surface area (Å²) in [5, 5.41) is 8.23. The van der Waals surface area contributed by atoms with Gasteiger partial charge in [-0.2, -0.15) is 5.26 Å². The normalized spacial score (nSPS) is 8.00. The Morgan fingerprint density at radius 3 is 2.92 bits per heavy atom. The van der Waals surface area contributed by atoms with Crippen LogP contribution >= 0.6 is 0 Å². The molecule has 0 unspecified atom stereocenters. The van der Waals surface area contributed by atoms with Gasteiger partial charge in [0, 0.05) is 11.5 Å². The van der Waals surface area contributed by atoms with Crippen molar-refractivity contribution >= 4 is 0 Å². The molecule has 58 valence electrons. The highest BCUT2D eigenvalue weighted by molar-refractivity contribution is 5.39. The fourth-order valence-electron chi connectivity index (χ4n) is 0.969. The van der Waals surface area contributed by atoms with Crippen molar-refractivity contribution in [1.82, 2.24) is 0 Å². The molecule has 1 rings (SSSR count). The van der Waals surface area contributed by atoms with E-state index in [2.05, 4.69) is 24.8 Å². The monoisotopic (exact) mass is 155 g/mol. The Hall–Kier alpha value is -1.73. The summed E-state index contributed by atoms with van der Waals surface area (Å²) in [4.78, 5) is 0. The van der Waals surface area contributed by atoms with Crippen LogP contribution in [0.15, 0.2) is 24.3 Å². The van der Waals surface area contributed by atoms with E-state index in [-0.39, 0.29) is 0 Å². The van der Waals surface area contributed by atoms with Crippen LogP contribution in [-0.4, -0.2) is 0 Å². The van der Waals surface area contributed by atoms with Gasteiger partial charge in [0.15, 0.2) is 6.07 Å². The predicted molar refractivity (Wildman–Crippen MR) is 48.3 cm³/mol. The maximum absolute atomic E-state index is 8.23. The lowest BCUT2D eigenvalue weighted by Gasteiger charge is -1.94. The van der Waals surface area contributed by atoms with E-state index in [1.165, 1.54) is 5.56 Å². The van der Waals surface area contributed by atoms with Crippen molar-refractivity contribution in [2.24, 2.45) is 0 Å². The molecule has 0 atom stereocenters. The Morgan fingerprint density at radius 2 is 2.25 bits per heavy atom. The summed E-state index contributed by atoms with van der Waals surface area (Å²) in [5.74, 6) is 5.13. The molecule has 0 fully saturated rings. The average molecular weight is 155 g/mol. The van der Waals surface area contributed by atoms with Gasteiger partial charge in [-0.05, 0) is 24.1 Å². The van der Waals surface area contributed by atoms with Crippen molar-refractivity contribution in [3.05, 3.63) is 35.4 Å². The molecular formula is C11H9N. The van der Waals surface area contributed by atoms with Crippen molar-refractivity contribution < 1.29 is 0 Å². The zero-order valence-electron chi connectivity index (χ0n) is 6.96. The molecule has 0 saturated carbocycles. The van der Waals surface area contributed by atoms with Crippen LogP contribution in [0.2, 0.25) is 0 Å². The minimum Gasteiger partial charge on any atom is -0.183 e. The molecule has 0 amide bonds. The third-order valence-electron chi connectivity index (χ3n) is 1.60. The SMILES string of the molecule is CCc1cccc(C#CC#N)c1. The Morgan fingerprint density at radius 1 is 1.42 bits per heavy atom. The van der Waals surface area contributed by atoms with E-state index >= 15 is 0 Å². The number of nitriles is 1. The smallest absolute Gasteiger partial charge is 0.152 e. The van der Waals surface area contributed by atoms with Crippen LogP contribution in [0, 0.1) is 23.2 Å². The quantitative estimate of drug-likeness (QED) is 0.570. The largest absolute Gasteiger partial charge is 0.183 e. The van der Waals surface area contributed by atoms with Crippen LogP contribution in [-0.2, 0) is 6.42 Å². The van der Waals surface area contributed by atoms with Crippen LogP contribution < -0.4 is 0 Å². The third kappa shape index (κ3) is 2.15. The summed E-state index contributed by atoms with van der Waals surface area (Å²) in [6.07, 6.45) is 1.00. The van der Waals surface area contributed by atoms with Crippen LogP contribution in [0.4, 0.5) is 0 Å². The molecule has 1 aromatic carbocycles. The van der Waals surface area contributed by atoms with E-state index in [4.69, 9.17) is 5.26 Å². The van der Waals surface area contributed by atoms with E-state index in [1.807, 2.05) is 18.2 Å². The van der Waals surface area contributed by atoms with Gasteiger partial charge < -0.3 is 0 Å². The second-order valence-corrected chi connectivity index (χ2v) is 2.42. The summed E-state index contributed by atoms with van der Waals surface area (Å²) in [7, 11) is 0. The van der Waals surface area contributed by atoms with Gasteiger partial charge >= 0.3 is 0 Å². The zero-order valence-corrected chi connectivity index (χ0v) is 6.96. The first-order chi connectivity index (χ1) is 5.86. The molecule has 0 aliphatic carbocycles. The van der Waals surface area contributed by atoms with Crippen LogP contribution in [0.25, 0.3) is 0 Å². The molecule has 1 nitrogen and oxygen atoms in total. The van der Waals surface area contributed by atoms with Gasteiger partial charge in [0.1, 0.15) is 0 Å². The van der Waals surface area contributed by atoms with Gasteiger partial charge in [0.05, 0.1) is 0 Å². The minimum absolute atomic E-state index is 0.913. The fourth-order valence-corrected chi connectivity index (χ4v) is 0.969. The van der Waals surface area contributed by atoms with E-state index < -0.39 is 0 Å². The highest BCUT2D eigenvalue weighted by atomic mass is 14.2. The van der Waals surface area contributed by atoms with Gasteiger partial charge in [0.25, 0.3) is 0 Å². The summed E-state index contributed by atoms with van der Waals surface area (Å²) in [6.45, 7) is 2.09. The van der Waals surface area contributed by atoms with Gasteiger partial charge in [-0.25, -0.2) is 0 Å². The van der Waals surface area contributed by atoms with E-state index in [0.29, 0.717) is 0 Å². The maximum atomic E-state index is 8.23. The minimum atomic E-state index is 0.913. The number of aryl methyl sites for hydroxylation is 1. The Bertz CT molecular complexity index is 361. The highest BCUT2D eigenvalue weighted by Gasteiger charge is 1.89. The number of hydrogen-bond donors (Lipinski definition) is 0. The van der Waals surface area contributed by atoms with Gasteiger partial charge in [-0.15, -0.1) is 0 Å². The Labute approximate surface area is 72.6 Å². The van der Waals surface area contributed by atoms with Gasteiger partial charge in [0.2, 0.25) is 0 Å². The molecule has 0 spiro atoms. The topological polar surface area (TPSA) is 23.8 Å². The molecule has 0 aliphatic rings. The Balaban J connectivity index is 2.96. The average Bonchev–Trinajstić information content (AvgIpc) is 2.15. The summed E-state index contributed by atoms with van der Waals surface area (Å²) in [6, 6.07) is 9.71. The van der Waals surface area contributed by atoms with Gasteiger partial charge in [-0.1, -0.05) is 25.0 Å². The van der Waals surface area contributed by atoms with Crippen molar-refractivity contribution in [1.29, 1.82) is 5.26 Å². The summed E-state index contributed by atoms with van der Waals surface area (Å²) < 4.78 is 0. The van der Waals surface area contributed by atoms with Crippen LogP contribution in [0.1, 0.15) is 18.1 Å². The third-order valence-corrected chi connectivity index (χ3v) is 1.60. The maximum Gasteiger partial charge on any atom is 0.152 e. The first-order valence-electron chi connectivity index (χ1n) is 3.86. The number of nitrogens with zero attached hydrogens (tertiary/aromatic N) is 1. The molecule has 0 saturated heterocycles. The van der Waals surface area contributed by atoms with Gasteiger partial charge in [-0.3, -0.25) is 0 Å². The molecule has 12 heavy (non-hydrogen) atoms. The van der Waals surface area contributed by atoms with Crippen molar-refractivity contribution in [2.75, 3.05) is 0 Å². The molecule has 1 heteroatoms. The number of hydrogen-bond acceptors (Lipinski definition) is 1. The molecule has 0 radical (unpaired) electrons. The first-order valence-corrected chi connectivity index (χ1v) is 3.86. The first kappa shape index (κ1) is 8.37. The molecule has 0 N–H and O–H groups in total. The lowest BCUT2D eigenvalue weighted by atomic mass is 10.1. The summed E-state index contributed by atoms with van der Waals surface area (Å²) in [5.41, 5.74) is 2.16. The number of benzene rings is 1. The lowest BCUT2D eigenvalue weighted by Crippen LogP contribution is -1.80. The molecule has 0 heterocycles. The zero-order chi connectivity index (χ0) is 8.81. The van der Waals surface area contributed by atoms with Crippen LogP contribution in [0.3, 0.4) is 0 Å². The van der Waals surface area contributed by atoms with Crippen molar-refractivity contribution in [3.8, 4) is 17.9 Å². The summed E-state index contributed by atoms with van der Waals surface area (Å²) >= 11 is 0. The fraction of sp³-hybridized carbons (Fsp3) is 0.182. The highest BCUT2D eigenvalue weighted by Crippen LogP contribution is 2.03. The lowest BCUT2D eigenvalue weighted by molar-refractivity contribution is 1.14. The van der Waals surface area contributed by atoms with Crippen molar-refractivity contribution in [2.45, 2.75) is 13.3 Å². The second kappa shape index (κ2) is 4.21. The molecule has 0 bridgehead atoms. The molecule has 0 aliphatic heterocycles. The van der Waals surface area contributed by atoms with E-state index in [0.717, 1.165) is 12.0 Å². The second-order valence-electron chi connectivity index (χ2n) is 2.42. The van der Waals surface area contributed by atoms with E-state index in [1.54, 1.807) is 6.07 Å². The Kier molecular flexibility index (Phi) is 2.94. The van der Waals surface area contributed by atoms with Crippen LogP contribution in [0.5, 0.6) is 0 Å². The molecular weight excluding hydrogens is 146 g/mol.